The summed E-state index contributed by atoms with van der Waals surface area (Å²) in [5, 5.41) is 4.66. The second kappa shape index (κ2) is 7.98. The van der Waals surface area contributed by atoms with Crippen LogP contribution < -0.4 is 14.2 Å². The lowest BCUT2D eigenvalue weighted by Crippen LogP contribution is -2.26. The van der Waals surface area contributed by atoms with Gasteiger partial charge >= 0.3 is 0 Å². The van der Waals surface area contributed by atoms with Gasteiger partial charge in [-0.15, -0.1) is 5.10 Å². The van der Waals surface area contributed by atoms with E-state index >= 15 is 0 Å². The Morgan fingerprint density at radius 1 is 1.03 bits per heavy atom. The molecule has 34 heavy (non-hydrogen) atoms. The summed E-state index contributed by atoms with van der Waals surface area (Å²) in [6.45, 7) is 0. The molecule has 0 unspecified atom stereocenters. The molecule has 1 aliphatic carbocycles. The lowest BCUT2D eigenvalue weighted by molar-refractivity contribution is -0.116. The average Bonchev–Trinajstić information content (AvgIpc) is 3.32. The van der Waals surface area contributed by atoms with Gasteiger partial charge in [-0.25, -0.2) is 14.5 Å². The Morgan fingerprint density at radius 3 is 2.65 bits per heavy atom. The van der Waals surface area contributed by atoms with Crippen LogP contribution in [0, 0.1) is 0 Å². The fourth-order valence-corrected chi connectivity index (χ4v) is 4.79. The molecule has 0 fully saturated rings. The van der Waals surface area contributed by atoms with Crippen molar-refractivity contribution in [2.75, 3.05) is 14.2 Å². The Balaban J connectivity index is 1.56. The number of carbonyl (C=O) groups excluding carboxylic acids is 1. The van der Waals surface area contributed by atoms with E-state index in [9.17, 15) is 4.79 Å². The van der Waals surface area contributed by atoms with Crippen LogP contribution in [0.15, 0.2) is 66.2 Å². The first kappa shape index (κ1) is 20.4. The number of carbonyl (C=O) groups is 1. The molecule has 8 heteroatoms. The number of ether oxygens (including phenoxy) is 3. The third kappa shape index (κ3) is 3.14. The molecule has 2 aromatic carbocycles. The van der Waals surface area contributed by atoms with E-state index in [2.05, 4.69) is 10.1 Å². The largest absolute Gasteiger partial charge is 0.493 e. The minimum atomic E-state index is -0.314. The standard InChI is InChI=1S/C26H22N4O4/c1-32-18-12-11-16(13-20(18)33-2)24-28-25-23-21(15-7-4-3-5-8-15)22-17(31)9-6-10-19(22)34-26(23)27-14-30(25)29-24/h3-5,7-8,11-14,21H,6,9-10H2,1-2H3/t21-/m0/s1. The molecular weight excluding hydrogens is 432 g/mol. The molecule has 0 saturated heterocycles. The van der Waals surface area contributed by atoms with Crippen LogP contribution >= 0.6 is 0 Å². The summed E-state index contributed by atoms with van der Waals surface area (Å²) in [6.07, 6.45) is 3.62. The van der Waals surface area contributed by atoms with Crippen LogP contribution in [0.1, 0.15) is 36.3 Å². The topological polar surface area (TPSA) is 87.8 Å². The maximum atomic E-state index is 13.1. The maximum Gasteiger partial charge on any atom is 0.228 e. The number of rotatable bonds is 4. The first-order valence-electron chi connectivity index (χ1n) is 11.1. The highest BCUT2D eigenvalue weighted by Gasteiger charge is 2.39. The minimum Gasteiger partial charge on any atom is -0.493 e. The Labute approximate surface area is 195 Å². The van der Waals surface area contributed by atoms with Gasteiger partial charge in [0.15, 0.2) is 28.8 Å². The van der Waals surface area contributed by atoms with Crippen molar-refractivity contribution in [2.45, 2.75) is 25.2 Å². The molecule has 1 aliphatic heterocycles. The predicted octanol–water partition coefficient (Wildman–Crippen LogP) is 4.34. The molecule has 8 nitrogen and oxygen atoms in total. The van der Waals surface area contributed by atoms with Gasteiger partial charge < -0.3 is 14.2 Å². The zero-order valence-corrected chi connectivity index (χ0v) is 18.8. The first-order valence-corrected chi connectivity index (χ1v) is 11.1. The molecule has 0 amide bonds. The summed E-state index contributed by atoms with van der Waals surface area (Å²) in [6, 6.07) is 15.5. The Morgan fingerprint density at radius 2 is 1.85 bits per heavy atom. The molecule has 6 rings (SSSR count). The highest BCUT2D eigenvalue weighted by Crippen LogP contribution is 2.47. The molecule has 0 saturated carbocycles. The van der Waals surface area contributed by atoms with Crippen molar-refractivity contribution in [2.24, 2.45) is 0 Å². The Bertz CT molecular complexity index is 1460. The van der Waals surface area contributed by atoms with E-state index in [-0.39, 0.29) is 11.7 Å². The third-order valence-corrected chi connectivity index (χ3v) is 6.37. The van der Waals surface area contributed by atoms with E-state index in [0.717, 1.165) is 29.5 Å². The normalized spacial score (nSPS) is 17.2. The van der Waals surface area contributed by atoms with Gasteiger partial charge in [-0.1, -0.05) is 30.3 Å². The van der Waals surface area contributed by atoms with Crippen molar-refractivity contribution >= 4 is 11.4 Å². The van der Waals surface area contributed by atoms with Gasteiger partial charge in [-0.05, 0) is 30.2 Å². The van der Waals surface area contributed by atoms with Crippen LogP contribution in [-0.4, -0.2) is 39.6 Å². The van der Waals surface area contributed by atoms with E-state index in [1.54, 1.807) is 25.1 Å². The number of nitrogens with zero attached hydrogens (tertiary/aromatic N) is 4. The summed E-state index contributed by atoms with van der Waals surface area (Å²) in [5.74, 6) is 2.72. The number of Topliss-reactive ketones (excluding diaryl/α,β-unsaturated/α-hetero) is 1. The number of aromatic nitrogens is 4. The lowest BCUT2D eigenvalue weighted by atomic mass is 9.78. The van der Waals surface area contributed by atoms with Gasteiger partial charge in [0.1, 0.15) is 12.1 Å². The first-order chi connectivity index (χ1) is 16.7. The lowest BCUT2D eigenvalue weighted by Gasteiger charge is -2.31. The molecule has 0 spiro atoms. The highest BCUT2D eigenvalue weighted by molar-refractivity contribution is 6.00. The molecule has 1 atom stereocenters. The van der Waals surface area contributed by atoms with Crippen LogP contribution in [0.5, 0.6) is 17.4 Å². The molecule has 0 N–H and O–H groups in total. The van der Waals surface area contributed by atoms with Gasteiger partial charge in [-0.2, -0.15) is 0 Å². The van der Waals surface area contributed by atoms with Crippen LogP contribution in [0.2, 0.25) is 0 Å². The fourth-order valence-electron chi connectivity index (χ4n) is 4.79. The number of methoxy groups -OCH3 is 2. The Hall–Kier alpha value is -4.20. The second-order valence-corrected chi connectivity index (χ2v) is 8.30. The average molecular weight is 454 g/mol. The second-order valence-electron chi connectivity index (χ2n) is 8.30. The third-order valence-electron chi connectivity index (χ3n) is 6.37. The number of hydrogen-bond donors (Lipinski definition) is 0. The number of ketones is 1. The van der Waals surface area contributed by atoms with Gasteiger partial charge in [0.2, 0.25) is 5.88 Å². The van der Waals surface area contributed by atoms with E-state index in [1.165, 1.54) is 0 Å². The van der Waals surface area contributed by atoms with Gasteiger partial charge in [0, 0.05) is 29.9 Å². The van der Waals surface area contributed by atoms with Crippen molar-refractivity contribution in [1.29, 1.82) is 0 Å². The van der Waals surface area contributed by atoms with Crippen LogP contribution in [0.25, 0.3) is 17.0 Å². The van der Waals surface area contributed by atoms with Crippen LogP contribution in [0.4, 0.5) is 0 Å². The van der Waals surface area contributed by atoms with Crippen molar-refractivity contribution in [1.82, 2.24) is 19.6 Å². The maximum absolute atomic E-state index is 13.1. The van der Waals surface area contributed by atoms with Crippen molar-refractivity contribution in [3.05, 3.63) is 77.3 Å². The molecule has 0 bridgehead atoms. The summed E-state index contributed by atoms with van der Waals surface area (Å²) >= 11 is 0. The van der Waals surface area contributed by atoms with E-state index in [1.807, 2.05) is 48.5 Å². The summed E-state index contributed by atoms with van der Waals surface area (Å²) in [7, 11) is 3.19. The molecule has 2 aliphatic rings. The summed E-state index contributed by atoms with van der Waals surface area (Å²) in [5.41, 5.74) is 3.84. The number of benzene rings is 2. The van der Waals surface area contributed by atoms with Gasteiger partial charge in [0.05, 0.1) is 19.8 Å². The SMILES string of the molecule is COc1ccc(-c2nc3c4c(ncn3n2)OC2=C(C(=O)CCC2)[C@@H]4c2ccccc2)cc1OC. The van der Waals surface area contributed by atoms with Crippen LogP contribution in [-0.2, 0) is 4.79 Å². The van der Waals surface area contributed by atoms with E-state index in [0.29, 0.717) is 46.6 Å². The predicted molar refractivity (Wildman–Crippen MR) is 124 cm³/mol. The molecule has 170 valence electrons. The highest BCUT2D eigenvalue weighted by atomic mass is 16.5. The Kier molecular flexibility index (Phi) is 4.79. The van der Waals surface area contributed by atoms with E-state index in [4.69, 9.17) is 19.2 Å². The minimum absolute atomic E-state index is 0.113. The summed E-state index contributed by atoms with van der Waals surface area (Å²) in [4.78, 5) is 22.5. The van der Waals surface area contributed by atoms with Crippen molar-refractivity contribution in [3.63, 3.8) is 0 Å². The van der Waals surface area contributed by atoms with Gasteiger partial charge in [0.25, 0.3) is 0 Å². The number of fused-ring (bicyclic) bond motifs is 3. The van der Waals surface area contributed by atoms with Crippen molar-refractivity contribution in [3.8, 4) is 28.8 Å². The van der Waals surface area contributed by atoms with Crippen molar-refractivity contribution < 1.29 is 19.0 Å². The summed E-state index contributed by atoms with van der Waals surface area (Å²) < 4.78 is 18.6. The van der Waals surface area contributed by atoms with E-state index < -0.39 is 0 Å². The monoisotopic (exact) mass is 454 g/mol. The molecular formula is C26H22N4O4. The zero-order valence-electron chi connectivity index (χ0n) is 18.8. The zero-order chi connectivity index (χ0) is 23.2. The number of allylic oxidation sites excluding steroid dienone is 2. The molecule has 3 heterocycles. The quantitative estimate of drug-likeness (QED) is 0.453. The van der Waals surface area contributed by atoms with Gasteiger partial charge in [-0.3, -0.25) is 4.79 Å². The molecule has 4 aromatic rings. The number of hydrogen-bond acceptors (Lipinski definition) is 7. The smallest absolute Gasteiger partial charge is 0.228 e. The molecule has 0 radical (unpaired) electrons. The fraction of sp³-hybridized carbons (Fsp3) is 0.231. The molecule has 2 aromatic heterocycles. The van der Waals surface area contributed by atoms with Crippen LogP contribution in [0.3, 0.4) is 0 Å².